The Morgan fingerprint density at radius 2 is 1.68 bits per heavy atom. The van der Waals surface area contributed by atoms with Crippen LogP contribution in [0.3, 0.4) is 0 Å². The normalized spacial score (nSPS) is 12.9. The van der Waals surface area contributed by atoms with Gasteiger partial charge in [0.05, 0.1) is 38.7 Å². The molecule has 1 fully saturated rings. The summed E-state index contributed by atoms with van der Waals surface area (Å²) in [6, 6.07) is 22.0. The molecular formula is C29H30N6O5. The maximum absolute atomic E-state index is 12.0. The number of nitrogens with zero attached hydrogens (tertiary/aromatic N) is 4. The summed E-state index contributed by atoms with van der Waals surface area (Å²) in [5.74, 6) is 2.71. The van der Waals surface area contributed by atoms with E-state index in [1.807, 2.05) is 48.5 Å². The van der Waals surface area contributed by atoms with Gasteiger partial charge in [-0.3, -0.25) is 0 Å². The van der Waals surface area contributed by atoms with Gasteiger partial charge in [0.2, 0.25) is 17.8 Å². The number of esters is 1. The van der Waals surface area contributed by atoms with Crippen LogP contribution in [-0.4, -0.2) is 61.4 Å². The summed E-state index contributed by atoms with van der Waals surface area (Å²) < 4.78 is 21.7. The van der Waals surface area contributed by atoms with Gasteiger partial charge in [-0.2, -0.15) is 15.0 Å². The molecule has 0 aliphatic carbocycles. The first-order valence-electron chi connectivity index (χ1n) is 12.8. The Morgan fingerprint density at radius 3 is 2.45 bits per heavy atom. The first kappa shape index (κ1) is 26.7. The van der Waals surface area contributed by atoms with E-state index in [1.54, 1.807) is 31.4 Å². The van der Waals surface area contributed by atoms with Crippen LogP contribution in [0.1, 0.15) is 15.9 Å². The molecule has 0 spiro atoms. The summed E-state index contributed by atoms with van der Waals surface area (Å²) >= 11 is 0. The zero-order valence-electron chi connectivity index (χ0n) is 22.3. The van der Waals surface area contributed by atoms with Crippen molar-refractivity contribution in [2.24, 2.45) is 0 Å². The Labute approximate surface area is 232 Å². The van der Waals surface area contributed by atoms with Gasteiger partial charge in [-0.25, -0.2) is 4.79 Å². The third-order valence-corrected chi connectivity index (χ3v) is 6.14. The molecule has 4 aromatic rings. The predicted molar refractivity (Wildman–Crippen MR) is 151 cm³/mol. The molecule has 11 nitrogen and oxygen atoms in total. The fourth-order valence-corrected chi connectivity index (χ4v) is 4.04. The summed E-state index contributed by atoms with van der Waals surface area (Å²) in [5.41, 5.74) is 2.09. The molecule has 1 aliphatic rings. The second-order valence-corrected chi connectivity index (χ2v) is 8.83. The molecule has 0 saturated carbocycles. The molecule has 2 N–H and O–H groups in total. The maximum Gasteiger partial charge on any atom is 0.337 e. The van der Waals surface area contributed by atoms with Crippen LogP contribution in [0.25, 0.3) is 0 Å². The molecule has 1 aliphatic heterocycles. The second-order valence-electron chi connectivity index (χ2n) is 8.83. The minimum absolute atomic E-state index is 0.355. The molecule has 3 aromatic carbocycles. The van der Waals surface area contributed by atoms with Crippen molar-refractivity contribution in [3.63, 3.8) is 0 Å². The van der Waals surface area contributed by atoms with E-state index in [0.717, 1.165) is 11.3 Å². The number of morpholine rings is 1. The van der Waals surface area contributed by atoms with Crippen LogP contribution in [0, 0.1) is 0 Å². The van der Waals surface area contributed by atoms with E-state index in [9.17, 15) is 4.79 Å². The summed E-state index contributed by atoms with van der Waals surface area (Å²) in [6.07, 6.45) is 0. The molecule has 1 saturated heterocycles. The molecule has 206 valence electrons. The number of benzene rings is 3. The molecule has 2 heterocycles. The standard InChI is InChI=1S/C29H30N6O5/c1-37-22-12-10-20(11-13-22)19-30-27-32-28(34-29(33-27)35-14-16-39-17-15-35)31-24-8-3-4-9-25(24)40-23-7-5-6-21(18-23)26(36)38-2/h3-13,18H,14-17,19H2,1-2H3,(H2,30,31,32,33,34). The third-order valence-electron chi connectivity index (χ3n) is 6.14. The predicted octanol–water partition coefficient (Wildman–Crippen LogP) is 4.65. The molecule has 40 heavy (non-hydrogen) atoms. The fourth-order valence-electron chi connectivity index (χ4n) is 4.04. The van der Waals surface area contributed by atoms with E-state index >= 15 is 0 Å². The van der Waals surface area contributed by atoms with Gasteiger partial charge in [0.25, 0.3) is 0 Å². The quantitative estimate of drug-likeness (QED) is 0.272. The number of rotatable bonds is 10. The first-order valence-corrected chi connectivity index (χ1v) is 12.8. The lowest BCUT2D eigenvalue weighted by Crippen LogP contribution is -2.37. The molecule has 0 bridgehead atoms. The molecule has 0 amide bonds. The molecule has 0 unspecified atom stereocenters. The van der Waals surface area contributed by atoms with Gasteiger partial charge in [-0.05, 0) is 48.0 Å². The smallest absolute Gasteiger partial charge is 0.337 e. The summed E-state index contributed by atoms with van der Waals surface area (Å²) in [4.78, 5) is 28.0. The highest BCUT2D eigenvalue weighted by Gasteiger charge is 2.18. The Balaban J connectivity index is 1.39. The van der Waals surface area contributed by atoms with Gasteiger partial charge in [0, 0.05) is 19.6 Å². The number of carbonyl (C=O) groups is 1. The lowest BCUT2D eigenvalue weighted by Gasteiger charge is -2.27. The topological polar surface area (TPSA) is 120 Å². The fraction of sp³-hybridized carbons (Fsp3) is 0.241. The van der Waals surface area contributed by atoms with Crippen molar-refractivity contribution in [2.45, 2.75) is 6.54 Å². The van der Waals surface area contributed by atoms with Crippen molar-refractivity contribution >= 4 is 29.5 Å². The highest BCUT2D eigenvalue weighted by atomic mass is 16.5. The van der Waals surface area contributed by atoms with Crippen molar-refractivity contribution in [1.82, 2.24) is 15.0 Å². The average Bonchev–Trinajstić information content (AvgIpc) is 3.01. The van der Waals surface area contributed by atoms with Crippen molar-refractivity contribution in [1.29, 1.82) is 0 Å². The highest BCUT2D eigenvalue weighted by Crippen LogP contribution is 2.32. The number of para-hydroxylation sites is 2. The van der Waals surface area contributed by atoms with Crippen molar-refractivity contribution < 1.29 is 23.7 Å². The summed E-state index contributed by atoms with van der Waals surface area (Å²) in [5, 5.41) is 6.59. The molecule has 0 atom stereocenters. The Bertz CT molecular complexity index is 1440. The van der Waals surface area contributed by atoms with Gasteiger partial charge in [0.1, 0.15) is 11.5 Å². The molecule has 11 heteroatoms. The molecule has 1 aromatic heterocycles. The van der Waals surface area contributed by atoms with Crippen LogP contribution >= 0.6 is 0 Å². The van der Waals surface area contributed by atoms with E-state index in [4.69, 9.17) is 23.9 Å². The lowest BCUT2D eigenvalue weighted by molar-refractivity contribution is 0.0600. The number of hydrogen-bond acceptors (Lipinski definition) is 11. The van der Waals surface area contributed by atoms with E-state index in [0.29, 0.717) is 73.4 Å². The van der Waals surface area contributed by atoms with Gasteiger partial charge < -0.3 is 34.5 Å². The Kier molecular flexibility index (Phi) is 8.52. The molecular weight excluding hydrogens is 512 g/mol. The van der Waals surface area contributed by atoms with Gasteiger partial charge in [-0.1, -0.05) is 30.3 Å². The minimum Gasteiger partial charge on any atom is -0.497 e. The number of hydrogen-bond donors (Lipinski definition) is 2. The van der Waals surface area contributed by atoms with Gasteiger partial charge in [0.15, 0.2) is 5.75 Å². The monoisotopic (exact) mass is 542 g/mol. The number of anilines is 4. The summed E-state index contributed by atoms with van der Waals surface area (Å²) in [6.45, 7) is 3.08. The van der Waals surface area contributed by atoms with E-state index in [-0.39, 0.29) is 0 Å². The highest BCUT2D eigenvalue weighted by molar-refractivity contribution is 5.89. The van der Waals surface area contributed by atoms with Crippen LogP contribution < -0.4 is 25.0 Å². The Hall–Kier alpha value is -4.90. The van der Waals surface area contributed by atoms with Crippen LogP contribution in [0.5, 0.6) is 17.2 Å². The van der Waals surface area contributed by atoms with Gasteiger partial charge >= 0.3 is 5.97 Å². The van der Waals surface area contributed by atoms with Crippen LogP contribution in [0.15, 0.2) is 72.8 Å². The third kappa shape index (κ3) is 6.75. The number of carbonyl (C=O) groups excluding carboxylic acids is 1. The number of methoxy groups -OCH3 is 2. The van der Waals surface area contributed by atoms with Crippen molar-refractivity contribution in [3.8, 4) is 17.2 Å². The van der Waals surface area contributed by atoms with Crippen LogP contribution in [0.4, 0.5) is 23.5 Å². The van der Waals surface area contributed by atoms with E-state index in [1.165, 1.54) is 7.11 Å². The minimum atomic E-state index is -0.438. The van der Waals surface area contributed by atoms with Crippen molar-refractivity contribution in [3.05, 3.63) is 83.9 Å². The van der Waals surface area contributed by atoms with Crippen LogP contribution in [-0.2, 0) is 16.0 Å². The zero-order chi connectivity index (χ0) is 27.7. The van der Waals surface area contributed by atoms with E-state index < -0.39 is 5.97 Å². The second kappa shape index (κ2) is 12.8. The number of aromatic nitrogens is 3. The SMILES string of the molecule is COC(=O)c1cccc(Oc2ccccc2Nc2nc(NCc3ccc(OC)cc3)nc(N3CCOCC3)n2)c1. The maximum atomic E-state index is 12.0. The van der Waals surface area contributed by atoms with Gasteiger partial charge in [-0.15, -0.1) is 0 Å². The average molecular weight is 543 g/mol. The molecule has 0 radical (unpaired) electrons. The van der Waals surface area contributed by atoms with E-state index in [2.05, 4.69) is 25.5 Å². The summed E-state index contributed by atoms with van der Waals surface area (Å²) in [7, 11) is 2.98. The zero-order valence-corrected chi connectivity index (χ0v) is 22.3. The lowest BCUT2D eigenvalue weighted by atomic mass is 10.2. The van der Waals surface area contributed by atoms with Crippen LogP contribution in [0.2, 0.25) is 0 Å². The van der Waals surface area contributed by atoms with Crippen molar-refractivity contribution in [2.75, 3.05) is 56.1 Å². The number of nitrogens with one attached hydrogen (secondary N) is 2. The first-order chi connectivity index (χ1) is 19.6. The largest absolute Gasteiger partial charge is 0.497 e. The number of ether oxygens (including phenoxy) is 4. The molecule has 5 rings (SSSR count). The Morgan fingerprint density at radius 1 is 0.900 bits per heavy atom.